The van der Waals surface area contributed by atoms with Crippen LogP contribution in [0.25, 0.3) is 0 Å². The molecule has 0 aromatic carbocycles. The summed E-state index contributed by atoms with van der Waals surface area (Å²) >= 11 is 0. The molecular formula is C5H11Po. The molecule has 0 heterocycles. The van der Waals surface area contributed by atoms with Crippen molar-refractivity contribution < 1.29 is 0 Å². The van der Waals surface area contributed by atoms with Gasteiger partial charge in [0.15, 0.2) is 0 Å². The summed E-state index contributed by atoms with van der Waals surface area (Å²) < 4.78 is 0. The summed E-state index contributed by atoms with van der Waals surface area (Å²) in [6.45, 7) is 7.56. The van der Waals surface area contributed by atoms with Gasteiger partial charge in [0.25, 0.3) is 0 Å². The minimum absolute atomic E-state index is 0. The number of hydrogen-bond acceptors (Lipinski definition) is 0. The average molecular weight is 280 g/mol. The molecule has 0 rings (SSSR count). The average Bonchev–Trinajstić information content (AvgIpc) is 1.38. The second-order valence-electron chi connectivity index (χ2n) is 1.28. The molecular weight excluding hydrogens is 269 g/mol. The molecule has 6 heavy (non-hydrogen) atoms. The second kappa shape index (κ2) is 5.64. The van der Waals surface area contributed by atoms with Gasteiger partial charge < -0.3 is 0 Å². The van der Waals surface area contributed by atoms with Crippen molar-refractivity contribution in [2.24, 2.45) is 0 Å². The van der Waals surface area contributed by atoms with Crippen LogP contribution < -0.4 is 0 Å². The van der Waals surface area contributed by atoms with Crippen LogP contribution >= 0.6 is 0 Å². The van der Waals surface area contributed by atoms with Gasteiger partial charge in [0, 0.05) is 0 Å². The first-order chi connectivity index (χ1) is 2.27. The third kappa shape index (κ3) is 8.82. The van der Waals surface area contributed by atoms with Crippen molar-refractivity contribution in [1.82, 2.24) is 0 Å². The van der Waals surface area contributed by atoms with Gasteiger partial charge in [0.05, 0.1) is 0 Å². The minimum atomic E-state index is 0. The van der Waals surface area contributed by atoms with Crippen LogP contribution in [0.4, 0.5) is 0 Å². The first kappa shape index (κ1) is 9.81. The summed E-state index contributed by atoms with van der Waals surface area (Å²) in [4.78, 5) is 0. The third-order valence-corrected chi connectivity index (χ3v) is 0.408. The van der Waals surface area contributed by atoms with Crippen LogP contribution in [0.5, 0.6) is 0 Å². The Bertz CT molecular complexity index is 41.9. The zero-order valence-electron chi connectivity index (χ0n) is 4.28. The first-order valence-electron chi connectivity index (χ1n) is 1.70. The fourth-order valence-corrected chi connectivity index (χ4v) is 0. The van der Waals surface area contributed by atoms with Crippen molar-refractivity contribution in [2.45, 2.75) is 13.8 Å². The summed E-state index contributed by atoms with van der Waals surface area (Å²) in [5, 5.41) is 0. The van der Waals surface area contributed by atoms with E-state index in [0.29, 0.717) is 0 Å². The van der Waals surface area contributed by atoms with Gasteiger partial charge in [-0.2, -0.15) is 0 Å². The van der Waals surface area contributed by atoms with Gasteiger partial charge in [0.2, 0.25) is 0 Å². The van der Waals surface area contributed by atoms with Crippen molar-refractivity contribution >= 4 is 26.6 Å². The Labute approximate surface area is 59.1 Å². The molecule has 0 bridgehead atoms. The number of allylic oxidation sites excluding steroid dienone is 2. The van der Waals surface area contributed by atoms with Gasteiger partial charge in [-0.15, -0.1) is 0 Å². The molecule has 0 aliphatic heterocycles. The van der Waals surface area contributed by atoms with Crippen molar-refractivity contribution in [3.63, 3.8) is 0 Å². The zero-order valence-corrected chi connectivity index (χ0v) is 8.17. The topological polar surface area (TPSA) is 0 Å². The van der Waals surface area contributed by atoms with E-state index in [2.05, 4.69) is 6.92 Å². The van der Waals surface area contributed by atoms with Crippen LogP contribution in [0.1, 0.15) is 13.8 Å². The standard InChI is InChI=1S/C5H9.Po.2H/c1-4-5(2)3;;;/h4H,1H2,2-3H3;;;. The van der Waals surface area contributed by atoms with Crippen molar-refractivity contribution in [3.05, 3.63) is 18.6 Å². The Morgan fingerprint density at radius 3 is 1.67 bits per heavy atom. The molecule has 0 nitrogen and oxygen atoms in total. The van der Waals surface area contributed by atoms with E-state index in [-0.39, 0.29) is 26.6 Å². The predicted octanol–water partition coefficient (Wildman–Crippen LogP) is 0.870. The molecule has 0 aromatic heterocycles. The van der Waals surface area contributed by atoms with E-state index in [0.717, 1.165) is 0 Å². The maximum atomic E-state index is 3.52. The molecule has 0 unspecified atom stereocenters. The molecule has 0 amide bonds. The van der Waals surface area contributed by atoms with Crippen molar-refractivity contribution in [2.75, 3.05) is 0 Å². The van der Waals surface area contributed by atoms with Crippen molar-refractivity contribution in [1.29, 1.82) is 0 Å². The fraction of sp³-hybridized carbons (Fsp3) is 0.400. The van der Waals surface area contributed by atoms with E-state index in [9.17, 15) is 0 Å². The van der Waals surface area contributed by atoms with Crippen LogP contribution in [-0.2, 0) is 0 Å². The molecule has 0 N–H and O–H groups in total. The van der Waals surface area contributed by atoms with Gasteiger partial charge in [0.1, 0.15) is 0 Å². The Hall–Kier alpha value is 0.636. The van der Waals surface area contributed by atoms with Crippen LogP contribution in [0.2, 0.25) is 0 Å². The molecule has 0 saturated carbocycles. The molecule has 0 aliphatic rings. The number of rotatable bonds is 0. The van der Waals surface area contributed by atoms with E-state index < -0.39 is 0 Å². The van der Waals surface area contributed by atoms with E-state index in [1.165, 1.54) is 5.57 Å². The molecule has 0 aromatic rings. The monoisotopic (exact) mass is 280 g/mol. The molecule has 1 radical (unpaired) electrons. The summed E-state index contributed by atoms with van der Waals surface area (Å²) in [7, 11) is 0. The Kier molecular flexibility index (Phi) is 9.21. The Morgan fingerprint density at radius 1 is 1.50 bits per heavy atom. The molecule has 1 heteroatoms. The maximum absolute atomic E-state index is 3.52. The predicted molar refractivity (Wildman–Crippen MR) is 33.3 cm³/mol. The normalized spacial score (nSPS) is 5.83. The van der Waals surface area contributed by atoms with Gasteiger partial charge in [-0.1, -0.05) is 11.6 Å². The molecule has 0 atom stereocenters. The molecule has 0 saturated heterocycles. The molecule has 0 aliphatic carbocycles. The van der Waals surface area contributed by atoms with Crippen LogP contribution in [0, 0.1) is 6.92 Å². The van der Waals surface area contributed by atoms with E-state index in [1.807, 2.05) is 19.9 Å². The van der Waals surface area contributed by atoms with Crippen molar-refractivity contribution in [3.8, 4) is 0 Å². The summed E-state index contributed by atoms with van der Waals surface area (Å²) in [6.07, 6.45) is 1.83. The quantitative estimate of drug-likeness (QED) is 0.618. The molecule has 0 fully saturated rings. The third-order valence-electron chi connectivity index (χ3n) is 0.408. The van der Waals surface area contributed by atoms with Gasteiger partial charge in [-0.3, -0.25) is 0 Å². The molecule has 37 valence electrons. The van der Waals surface area contributed by atoms with Gasteiger partial charge in [-0.05, 0) is 20.8 Å². The SMILES string of the molecule is [CH2]C=C(C)C.[PoH2]. The van der Waals surface area contributed by atoms with Crippen LogP contribution in [0.3, 0.4) is 0 Å². The van der Waals surface area contributed by atoms with Gasteiger partial charge >= 0.3 is 26.6 Å². The summed E-state index contributed by atoms with van der Waals surface area (Å²) in [6, 6.07) is 0. The second-order valence-corrected chi connectivity index (χ2v) is 1.28. The fourth-order valence-electron chi connectivity index (χ4n) is 0. The van der Waals surface area contributed by atoms with Crippen LogP contribution in [0.15, 0.2) is 11.6 Å². The van der Waals surface area contributed by atoms with E-state index >= 15 is 0 Å². The van der Waals surface area contributed by atoms with E-state index in [1.54, 1.807) is 0 Å². The summed E-state index contributed by atoms with van der Waals surface area (Å²) in [5.41, 5.74) is 1.27. The van der Waals surface area contributed by atoms with Crippen LogP contribution in [-0.4, -0.2) is 26.6 Å². The molecule has 0 spiro atoms. The Balaban J connectivity index is 0. The number of hydrogen-bond donors (Lipinski definition) is 0. The summed E-state index contributed by atoms with van der Waals surface area (Å²) in [5.74, 6) is 0. The van der Waals surface area contributed by atoms with E-state index in [4.69, 9.17) is 0 Å². The zero-order chi connectivity index (χ0) is 4.28. The van der Waals surface area contributed by atoms with Gasteiger partial charge in [-0.25, -0.2) is 0 Å². The Morgan fingerprint density at radius 2 is 1.67 bits per heavy atom. The first-order valence-corrected chi connectivity index (χ1v) is 1.70.